The summed E-state index contributed by atoms with van der Waals surface area (Å²) < 4.78 is 28.3. The summed E-state index contributed by atoms with van der Waals surface area (Å²) in [5.41, 5.74) is 0.623. The first-order chi connectivity index (χ1) is 14.8. The molecule has 2 atom stereocenters. The predicted octanol–water partition coefficient (Wildman–Crippen LogP) is 3.10. The van der Waals surface area contributed by atoms with Gasteiger partial charge in [-0.05, 0) is 43.2 Å². The predicted molar refractivity (Wildman–Crippen MR) is 106 cm³/mol. The summed E-state index contributed by atoms with van der Waals surface area (Å²) in [6.45, 7) is 1.57. The maximum absolute atomic E-state index is 15.2. The van der Waals surface area contributed by atoms with Crippen LogP contribution in [-0.2, 0) is 16.1 Å². The summed E-state index contributed by atoms with van der Waals surface area (Å²) >= 11 is 0. The van der Waals surface area contributed by atoms with Crippen LogP contribution >= 0.6 is 0 Å². The van der Waals surface area contributed by atoms with Gasteiger partial charge in [0.2, 0.25) is 0 Å². The van der Waals surface area contributed by atoms with Gasteiger partial charge in [0, 0.05) is 17.5 Å². The molecule has 1 N–H and O–H groups in total. The number of ketones is 2. The zero-order valence-corrected chi connectivity index (χ0v) is 16.8. The molecule has 0 saturated heterocycles. The fraction of sp³-hybridized carbons (Fsp3) is 0.304. The van der Waals surface area contributed by atoms with Crippen molar-refractivity contribution in [2.24, 2.45) is 0 Å². The number of Topliss-reactive ketones (excluding diaryl/α,β-unsaturated/α-hetero) is 2. The van der Waals surface area contributed by atoms with Gasteiger partial charge in [-0.2, -0.15) is 0 Å². The first-order valence-corrected chi connectivity index (χ1v) is 9.99. The molecule has 1 heterocycles. The van der Waals surface area contributed by atoms with Gasteiger partial charge in [0.15, 0.2) is 5.78 Å². The van der Waals surface area contributed by atoms with Crippen molar-refractivity contribution in [3.63, 3.8) is 0 Å². The van der Waals surface area contributed by atoms with E-state index in [2.05, 4.69) is 5.32 Å². The van der Waals surface area contributed by atoms with E-state index in [0.29, 0.717) is 5.56 Å². The lowest BCUT2D eigenvalue weighted by Gasteiger charge is -2.29. The van der Waals surface area contributed by atoms with E-state index < -0.39 is 35.5 Å². The highest BCUT2D eigenvalue weighted by atomic mass is 19.1. The molecule has 0 spiro atoms. The van der Waals surface area contributed by atoms with Crippen LogP contribution in [0.15, 0.2) is 36.4 Å². The number of fused-ring (bicyclic) bond motifs is 1. The molecular formula is C23H20F2N2O4. The van der Waals surface area contributed by atoms with Gasteiger partial charge in [0.25, 0.3) is 11.8 Å². The van der Waals surface area contributed by atoms with Crippen molar-refractivity contribution in [3.05, 3.63) is 70.3 Å². The third-order valence-electron chi connectivity index (χ3n) is 5.84. The fourth-order valence-corrected chi connectivity index (χ4v) is 4.10. The van der Waals surface area contributed by atoms with Gasteiger partial charge >= 0.3 is 0 Å². The normalized spacial score (nSPS) is 19.4. The molecule has 1 unspecified atom stereocenters. The topological polar surface area (TPSA) is 83.6 Å². The van der Waals surface area contributed by atoms with Crippen molar-refractivity contribution in [2.75, 3.05) is 0 Å². The lowest BCUT2D eigenvalue weighted by atomic mass is 9.92. The number of nitrogens with zero attached hydrogens (tertiary/aromatic N) is 1. The van der Waals surface area contributed by atoms with E-state index in [1.165, 1.54) is 41.3 Å². The third kappa shape index (κ3) is 3.85. The first-order valence-electron chi connectivity index (χ1n) is 9.99. The minimum Gasteiger partial charge on any atom is -0.345 e. The Balaban J connectivity index is 1.54. The second-order valence-corrected chi connectivity index (χ2v) is 7.87. The van der Waals surface area contributed by atoms with Crippen LogP contribution in [0.4, 0.5) is 8.78 Å². The number of hydrogen-bond donors (Lipinski definition) is 1. The number of rotatable bonds is 4. The van der Waals surface area contributed by atoms with Crippen molar-refractivity contribution in [3.8, 4) is 0 Å². The molecule has 8 heteroatoms. The zero-order valence-electron chi connectivity index (χ0n) is 16.8. The van der Waals surface area contributed by atoms with Crippen molar-refractivity contribution in [1.82, 2.24) is 10.2 Å². The quantitative estimate of drug-likeness (QED) is 0.762. The van der Waals surface area contributed by atoms with E-state index in [1.807, 2.05) is 0 Å². The van der Waals surface area contributed by atoms with Gasteiger partial charge < -0.3 is 10.2 Å². The largest absolute Gasteiger partial charge is 0.345 e. The van der Waals surface area contributed by atoms with Gasteiger partial charge in [-0.15, -0.1) is 0 Å². The van der Waals surface area contributed by atoms with E-state index in [0.717, 1.165) is 0 Å². The average Bonchev–Trinajstić information content (AvgIpc) is 3.06. The van der Waals surface area contributed by atoms with E-state index in [4.69, 9.17) is 0 Å². The SMILES string of the molecule is C[C@H](NC(=O)c1ccc2c(c1F)CN(C1CCC(=O)CC1=O)C2=O)c1ccc(F)cc1. The van der Waals surface area contributed by atoms with Crippen LogP contribution in [-0.4, -0.2) is 34.3 Å². The molecule has 0 aromatic heterocycles. The molecule has 4 rings (SSSR count). The Labute approximate surface area is 177 Å². The van der Waals surface area contributed by atoms with E-state index in [-0.39, 0.29) is 54.1 Å². The number of amides is 2. The minimum absolute atomic E-state index is 0.0665. The van der Waals surface area contributed by atoms with Gasteiger partial charge in [-0.3, -0.25) is 19.2 Å². The molecule has 2 aromatic carbocycles. The molecule has 0 radical (unpaired) electrons. The Morgan fingerprint density at radius 1 is 1.10 bits per heavy atom. The van der Waals surface area contributed by atoms with E-state index in [1.54, 1.807) is 6.92 Å². The standard InChI is InChI=1S/C23H20F2N2O4/c1-12(13-2-4-14(24)5-3-13)26-22(30)17-8-7-16-18(21(17)25)11-27(23(16)31)19-9-6-15(28)10-20(19)29/h2-5,7-8,12,19H,6,9-11H2,1H3,(H,26,30)/t12-,19?/m0/s1. The highest BCUT2D eigenvalue weighted by Crippen LogP contribution is 2.32. The molecule has 6 nitrogen and oxygen atoms in total. The fourth-order valence-electron chi connectivity index (χ4n) is 4.10. The molecular weight excluding hydrogens is 406 g/mol. The number of carbonyl (C=O) groups is 4. The molecule has 160 valence electrons. The second kappa shape index (κ2) is 8.02. The Bertz CT molecular complexity index is 1100. The smallest absolute Gasteiger partial charge is 0.255 e. The third-order valence-corrected chi connectivity index (χ3v) is 5.84. The highest BCUT2D eigenvalue weighted by molar-refractivity contribution is 6.08. The van der Waals surface area contributed by atoms with Gasteiger partial charge in [-0.25, -0.2) is 8.78 Å². The summed E-state index contributed by atoms with van der Waals surface area (Å²) in [6, 6.07) is 6.99. The average molecular weight is 426 g/mol. The maximum atomic E-state index is 15.2. The minimum atomic E-state index is -0.809. The summed E-state index contributed by atoms with van der Waals surface area (Å²) in [5.74, 6) is -2.86. The van der Waals surface area contributed by atoms with Crippen LogP contribution in [0.1, 0.15) is 64.1 Å². The van der Waals surface area contributed by atoms with Crippen molar-refractivity contribution >= 4 is 23.4 Å². The molecule has 1 aliphatic heterocycles. The van der Waals surface area contributed by atoms with Crippen molar-refractivity contribution in [1.29, 1.82) is 0 Å². The van der Waals surface area contributed by atoms with E-state index in [9.17, 15) is 23.6 Å². The van der Waals surface area contributed by atoms with Gasteiger partial charge in [-0.1, -0.05) is 12.1 Å². The molecule has 1 saturated carbocycles. The Hall–Kier alpha value is -3.42. The van der Waals surface area contributed by atoms with Crippen LogP contribution in [0.2, 0.25) is 0 Å². The second-order valence-electron chi connectivity index (χ2n) is 7.87. The maximum Gasteiger partial charge on any atom is 0.255 e. The summed E-state index contributed by atoms with van der Waals surface area (Å²) in [6.07, 6.45) is 0.206. The summed E-state index contributed by atoms with van der Waals surface area (Å²) in [4.78, 5) is 50.4. The van der Waals surface area contributed by atoms with Crippen LogP contribution < -0.4 is 5.32 Å². The van der Waals surface area contributed by atoms with Crippen LogP contribution in [0, 0.1) is 11.6 Å². The lowest BCUT2D eigenvalue weighted by molar-refractivity contribution is -0.133. The molecule has 0 bridgehead atoms. The molecule has 1 fully saturated rings. The number of benzene rings is 2. The van der Waals surface area contributed by atoms with Crippen LogP contribution in [0.5, 0.6) is 0 Å². The Morgan fingerprint density at radius 2 is 1.81 bits per heavy atom. The monoisotopic (exact) mass is 426 g/mol. The Kier molecular flexibility index (Phi) is 5.39. The van der Waals surface area contributed by atoms with Gasteiger partial charge in [0.05, 0.1) is 30.6 Å². The van der Waals surface area contributed by atoms with Crippen molar-refractivity contribution in [2.45, 2.75) is 44.8 Å². The summed E-state index contributed by atoms with van der Waals surface area (Å²) in [5, 5.41) is 2.67. The van der Waals surface area contributed by atoms with Crippen molar-refractivity contribution < 1.29 is 28.0 Å². The number of nitrogens with one attached hydrogen (secondary N) is 1. The first kappa shape index (κ1) is 20.8. The lowest BCUT2D eigenvalue weighted by Crippen LogP contribution is -2.44. The molecule has 31 heavy (non-hydrogen) atoms. The van der Waals surface area contributed by atoms with Crippen LogP contribution in [0.3, 0.4) is 0 Å². The van der Waals surface area contributed by atoms with Crippen LogP contribution in [0.25, 0.3) is 0 Å². The molecule has 1 aliphatic carbocycles. The van der Waals surface area contributed by atoms with Gasteiger partial charge in [0.1, 0.15) is 17.4 Å². The molecule has 2 amide bonds. The number of carbonyl (C=O) groups excluding carboxylic acids is 4. The summed E-state index contributed by atoms with van der Waals surface area (Å²) in [7, 11) is 0. The zero-order chi connectivity index (χ0) is 22.3. The highest BCUT2D eigenvalue weighted by Gasteiger charge is 2.40. The number of hydrogen-bond acceptors (Lipinski definition) is 4. The Morgan fingerprint density at radius 3 is 2.48 bits per heavy atom. The van der Waals surface area contributed by atoms with E-state index >= 15 is 4.39 Å². The molecule has 2 aromatic rings. The number of halogens is 2. The molecule has 2 aliphatic rings.